The molecule has 0 amide bonds. The number of benzene rings is 1. The molecule has 0 bridgehead atoms. The van der Waals surface area contributed by atoms with E-state index in [9.17, 15) is 0 Å². The third-order valence-corrected chi connectivity index (χ3v) is 6.07. The molecule has 4 rings (SSSR count). The molecule has 0 N–H and O–H groups in total. The van der Waals surface area contributed by atoms with Gasteiger partial charge in [-0.3, -0.25) is 4.90 Å². The lowest BCUT2D eigenvalue weighted by atomic mass is 9.79. The Morgan fingerprint density at radius 2 is 1.77 bits per heavy atom. The second-order valence-electron chi connectivity index (χ2n) is 8.43. The Bertz CT molecular complexity index is 713. The van der Waals surface area contributed by atoms with Crippen LogP contribution in [0.2, 0.25) is 0 Å². The summed E-state index contributed by atoms with van der Waals surface area (Å²) in [7, 11) is 0. The van der Waals surface area contributed by atoms with Gasteiger partial charge in [0.15, 0.2) is 0 Å². The lowest BCUT2D eigenvalue weighted by molar-refractivity contribution is 0.215. The van der Waals surface area contributed by atoms with Crippen molar-refractivity contribution < 1.29 is 0 Å². The van der Waals surface area contributed by atoms with Crippen LogP contribution in [0.1, 0.15) is 50.2 Å². The molecular weight excluding hydrogens is 320 g/mol. The fourth-order valence-corrected chi connectivity index (χ4v) is 4.60. The van der Waals surface area contributed by atoms with Gasteiger partial charge in [0.2, 0.25) is 5.95 Å². The molecule has 2 aromatic rings. The van der Waals surface area contributed by atoms with Crippen molar-refractivity contribution in [2.45, 2.75) is 45.6 Å². The summed E-state index contributed by atoms with van der Waals surface area (Å²) >= 11 is 0. The summed E-state index contributed by atoms with van der Waals surface area (Å²) in [4.78, 5) is 14.0. The average molecular weight is 351 g/mol. The van der Waals surface area contributed by atoms with Crippen molar-refractivity contribution in [1.29, 1.82) is 0 Å². The minimum atomic E-state index is 0.412. The van der Waals surface area contributed by atoms with Crippen LogP contribution in [-0.2, 0) is 6.54 Å². The first-order valence-corrected chi connectivity index (χ1v) is 9.97. The number of piperidine rings is 1. The number of nitrogens with zero attached hydrogens (tertiary/aromatic N) is 4. The quantitative estimate of drug-likeness (QED) is 0.831. The van der Waals surface area contributed by atoms with Crippen molar-refractivity contribution in [1.82, 2.24) is 14.9 Å². The Kier molecular flexibility index (Phi) is 4.94. The molecule has 1 atom stereocenters. The minimum absolute atomic E-state index is 0.412. The molecule has 1 aromatic heterocycles. The first kappa shape index (κ1) is 17.5. The summed E-state index contributed by atoms with van der Waals surface area (Å²) in [6, 6.07) is 11.1. The molecule has 0 unspecified atom stereocenters. The Labute approximate surface area is 157 Å². The highest BCUT2D eigenvalue weighted by molar-refractivity contribution is 5.31. The summed E-state index contributed by atoms with van der Waals surface area (Å²) in [6.07, 6.45) is 7.57. The number of anilines is 1. The zero-order valence-electron chi connectivity index (χ0n) is 16.1. The lowest BCUT2D eigenvalue weighted by Crippen LogP contribution is -2.45. The van der Waals surface area contributed by atoms with Crippen LogP contribution < -0.4 is 4.90 Å². The highest BCUT2D eigenvalue weighted by Crippen LogP contribution is 2.40. The second-order valence-corrected chi connectivity index (χ2v) is 8.43. The van der Waals surface area contributed by atoms with E-state index in [1.165, 1.54) is 43.5 Å². The molecule has 2 fully saturated rings. The van der Waals surface area contributed by atoms with E-state index in [2.05, 4.69) is 57.9 Å². The third kappa shape index (κ3) is 3.75. The standard InChI is InChI=1S/C22H30N4/c1-18(2)20-7-5-19(6-8-20)15-25-14-10-22(16-25)9-3-13-26(17-22)21-23-11-4-12-24-21/h4-8,11-12,18H,3,9-10,13-17H2,1-2H3/t22-/m0/s1. The predicted molar refractivity (Wildman–Crippen MR) is 106 cm³/mol. The van der Waals surface area contributed by atoms with E-state index in [4.69, 9.17) is 0 Å². The van der Waals surface area contributed by atoms with Gasteiger partial charge < -0.3 is 4.90 Å². The normalized spacial score (nSPS) is 23.9. The molecule has 1 aromatic carbocycles. The smallest absolute Gasteiger partial charge is 0.225 e. The average Bonchev–Trinajstić information content (AvgIpc) is 3.04. The van der Waals surface area contributed by atoms with Crippen molar-refractivity contribution in [2.24, 2.45) is 5.41 Å². The van der Waals surface area contributed by atoms with Gasteiger partial charge in [0.05, 0.1) is 0 Å². The van der Waals surface area contributed by atoms with Crippen LogP contribution in [0, 0.1) is 5.41 Å². The summed E-state index contributed by atoms with van der Waals surface area (Å²) in [5, 5.41) is 0. The number of aromatic nitrogens is 2. The number of likely N-dealkylation sites (tertiary alicyclic amines) is 1. The van der Waals surface area contributed by atoms with Crippen LogP contribution in [0.3, 0.4) is 0 Å². The molecule has 0 radical (unpaired) electrons. The molecule has 2 aliphatic rings. The molecule has 26 heavy (non-hydrogen) atoms. The molecule has 2 aliphatic heterocycles. The van der Waals surface area contributed by atoms with Crippen LogP contribution in [-0.4, -0.2) is 41.0 Å². The molecule has 3 heterocycles. The Morgan fingerprint density at radius 1 is 1.00 bits per heavy atom. The van der Waals surface area contributed by atoms with Crippen molar-refractivity contribution >= 4 is 5.95 Å². The number of rotatable bonds is 4. The van der Waals surface area contributed by atoms with Crippen LogP contribution in [0.4, 0.5) is 5.95 Å². The molecule has 0 saturated carbocycles. The predicted octanol–water partition coefficient (Wildman–Crippen LogP) is 4.09. The fraction of sp³-hybridized carbons (Fsp3) is 0.545. The molecule has 0 aliphatic carbocycles. The van der Waals surface area contributed by atoms with E-state index in [-0.39, 0.29) is 0 Å². The van der Waals surface area contributed by atoms with Crippen LogP contribution >= 0.6 is 0 Å². The van der Waals surface area contributed by atoms with Gasteiger partial charge in [-0.2, -0.15) is 0 Å². The Morgan fingerprint density at radius 3 is 2.50 bits per heavy atom. The molecule has 1 spiro atoms. The molecule has 2 saturated heterocycles. The number of hydrogen-bond donors (Lipinski definition) is 0. The summed E-state index contributed by atoms with van der Waals surface area (Å²) in [6.45, 7) is 10.2. The zero-order valence-corrected chi connectivity index (χ0v) is 16.1. The molecule has 4 heteroatoms. The highest BCUT2D eigenvalue weighted by atomic mass is 15.3. The van der Waals surface area contributed by atoms with Crippen LogP contribution in [0.25, 0.3) is 0 Å². The maximum absolute atomic E-state index is 4.47. The first-order chi connectivity index (χ1) is 12.6. The van der Waals surface area contributed by atoms with E-state index < -0.39 is 0 Å². The van der Waals surface area contributed by atoms with Gasteiger partial charge >= 0.3 is 0 Å². The Hall–Kier alpha value is -1.94. The van der Waals surface area contributed by atoms with Gasteiger partial charge in [0.25, 0.3) is 0 Å². The largest absolute Gasteiger partial charge is 0.340 e. The molecule has 4 nitrogen and oxygen atoms in total. The van der Waals surface area contributed by atoms with E-state index in [1.807, 2.05) is 18.5 Å². The van der Waals surface area contributed by atoms with Crippen LogP contribution in [0.15, 0.2) is 42.7 Å². The second kappa shape index (κ2) is 7.36. The van der Waals surface area contributed by atoms with Gasteiger partial charge in [-0.15, -0.1) is 0 Å². The maximum Gasteiger partial charge on any atom is 0.225 e. The zero-order chi connectivity index (χ0) is 18.0. The fourth-order valence-electron chi connectivity index (χ4n) is 4.60. The van der Waals surface area contributed by atoms with Crippen molar-refractivity contribution in [3.8, 4) is 0 Å². The van der Waals surface area contributed by atoms with Gasteiger partial charge in [-0.25, -0.2) is 9.97 Å². The third-order valence-electron chi connectivity index (χ3n) is 6.07. The number of hydrogen-bond acceptors (Lipinski definition) is 4. The maximum atomic E-state index is 4.47. The van der Waals surface area contributed by atoms with Gasteiger partial charge in [-0.05, 0) is 48.9 Å². The lowest BCUT2D eigenvalue weighted by Gasteiger charge is -2.40. The first-order valence-electron chi connectivity index (χ1n) is 9.97. The van der Waals surface area contributed by atoms with Crippen molar-refractivity contribution in [3.05, 3.63) is 53.9 Å². The van der Waals surface area contributed by atoms with Crippen molar-refractivity contribution in [3.63, 3.8) is 0 Å². The minimum Gasteiger partial charge on any atom is -0.340 e. The highest BCUT2D eigenvalue weighted by Gasteiger charge is 2.41. The molecule has 138 valence electrons. The van der Waals surface area contributed by atoms with Gasteiger partial charge in [-0.1, -0.05) is 38.1 Å². The SMILES string of the molecule is CC(C)c1ccc(CN2CC[C@@]3(CCCN(c4ncccn4)C3)C2)cc1. The van der Waals surface area contributed by atoms with E-state index in [0.717, 1.165) is 25.6 Å². The van der Waals surface area contributed by atoms with Gasteiger partial charge in [0.1, 0.15) is 0 Å². The summed E-state index contributed by atoms with van der Waals surface area (Å²) in [5.41, 5.74) is 3.28. The summed E-state index contributed by atoms with van der Waals surface area (Å²) < 4.78 is 0. The molecular formula is C22H30N4. The monoisotopic (exact) mass is 350 g/mol. The van der Waals surface area contributed by atoms with E-state index in [0.29, 0.717) is 11.3 Å². The topological polar surface area (TPSA) is 32.3 Å². The summed E-state index contributed by atoms with van der Waals surface area (Å²) in [5.74, 6) is 1.50. The Balaban J connectivity index is 1.39. The van der Waals surface area contributed by atoms with Gasteiger partial charge in [0, 0.05) is 44.0 Å². The van der Waals surface area contributed by atoms with E-state index >= 15 is 0 Å². The van der Waals surface area contributed by atoms with E-state index in [1.54, 1.807) is 0 Å². The van der Waals surface area contributed by atoms with Crippen LogP contribution in [0.5, 0.6) is 0 Å². The van der Waals surface area contributed by atoms with Crippen molar-refractivity contribution in [2.75, 3.05) is 31.1 Å².